The molecule has 0 radical (unpaired) electrons. The zero-order valence-corrected chi connectivity index (χ0v) is 5.36. The van der Waals surface area contributed by atoms with Crippen molar-refractivity contribution in [2.75, 3.05) is 0 Å². The van der Waals surface area contributed by atoms with Gasteiger partial charge in [-0.2, -0.15) is 0 Å². The molecule has 0 spiro atoms. The van der Waals surface area contributed by atoms with Crippen molar-refractivity contribution >= 4 is 5.96 Å². The summed E-state index contributed by atoms with van der Waals surface area (Å²) in [7, 11) is 0. The molecule has 1 aromatic rings. The third-order valence-corrected chi connectivity index (χ3v) is 0.478. The molecule has 0 aliphatic rings. The molecule has 0 atom stereocenters. The van der Waals surface area contributed by atoms with Gasteiger partial charge in [-0.1, -0.05) is 0 Å². The molecule has 5 heteroatoms. The maximum Gasteiger partial charge on any atom is 0.183 e. The van der Waals surface area contributed by atoms with E-state index in [2.05, 4.69) is 21.4 Å². The highest BCUT2D eigenvalue weighted by Crippen LogP contribution is 1.65. The van der Waals surface area contributed by atoms with Gasteiger partial charge in [0.1, 0.15) is 0 Å². The van der Waals surface area contributed by atoms with Gasteiger partial charge in [-0.15, -0.1) is 0 Å². The number of hydrogen-bond donors (Lipinski definition) is 3. The standard InChI is InChI=1S/C4H4N2.CH5N3/c1-2-6-4-3-5-1;2-1(3)4/h1-4H;(H5,2,3,4). The van der Waals surface area contributed by atoms with Crippen LogP contribution in [0.25, 0.3) is 0 Å². The lowest BCUT2D eigenvalue weighted by atomic mass is 10.8. The highest BCUT2D eigenvalue weighted by molar-refractivity contribution is 5.71. The van der Waals surface area contributed by atoms with Crippen LogP contribution in [-0.4, -0.2) is 15.9 Å². The van der Waals surface area contributed by atoms with Gasteiger partial charge in [-0.25, -0.2) is 0 Å². The Morgan fingerprint density at radius 1 is 1.00 bits per heavy atom. The molecular formula is C5H9N5. The Hall–Kier alpha value is -1.65. The fourth-order valence-corrected chi connectivity index (χ4v) is 0.253. The number of hydrogen-bond acceptors (Lipinski definition) is 3. The first-order chi connectivity index (χ1) is 4.73. The van der Waals surface area contributed by atoms with Crippen molar-refractivity contribution in [1.82, 2.24) is 9.97 Å². The first-order valence-electron chi connectivity index (χ1n) is 2.53. The van der Waals surface area contributed by atoms with E-state index in [0.717, 1.165) is 0 Å². The quantitative estimate of drug-likeness (QED) is 0.327. The first kappa shape index (κ1) is 8.35. The van der Waals surface area contributed by atoms with Crippen LogP contribution in [0, 0.1) is 5.41 Å². The van der Waals surface area contributed by atoms with Gasteiger partial charge in [0, 0.05) is 24.8 Å². The largest absolute Gasteiger partial charge is 0.370 e. The number of nitrogens with two attached hydrogens (primary N) is 2. The van der Waals surface area contributed by atoms with Gasteiger partial charge in [0.05, 0.1) is 0 Å². The summed E-state index contributed by atoms with van der Waals surface area (Å²) in [5.41, 5.74) is 8.94. The average molecular weight is 139 g/mol. The van der Waals surface area contributed by atoms with Crippen LogP contribution < -0.4 is 11.5 Å². The SMILES string of the molecule is N=C(N)N.c1cnccn1. The second-order valence-electron chi connectivity index (χ2n) is 1.35. The van der Waals surface area contributed by atoms with Crippen molar-refractivity contribution < 1.29 is 0 Å². The minimum absolute atomic E-state index is 0.333. The highest BCUT2D eigenvalue weighted by Gasteiger charge is 1.59. The summed E-state index contributed by atoms with van der Waals surface area (Å²) in [5.74, 6) is -0.333. The van der Waals surface area contributed by atoms with E-state index in [0.29, 0.717) is 0 Å². The summed E-state index contributed by atoms with van der Waals surface area (Å²) in [6.07, 6.45) is 6.56. The van der Waals surface area contributed by atoms with Gasteiger partial charge in [0.15, 0.2) is 5.96 Å². The van der Waals surface area contributed by atoms with Crippen LogP contribution in [0.2, 0.25) is 0 Å². The molecule has 5 N–H and O–H groups in total. The number of guanidine groups is 1. The Morgan fingerprint density at radius 3 is 1.30 bits per heavy atom. The van der Waals surface area contributed by atoms with Crippen LogP contribution in [-0.2, 0) is 0 Å². The van der Waals surface area contributed by atoms with Crippen molar-refractivity contribution in [1.29, 1.82) is 5.41 Å². The number of aromatic nitrogens is 2. The third kappa shape index (κ3) is 9.61. The van der Waals surface area contributed by atoms with E-state index in [9.17, 15) is 0 Å². The van der Waals surface area contributed by atoms with E-state index in [1.807, 2.05) is 0 Å². The summed E-state index contributed by atoms with van der Waals surface area (Å²) >= 11 is 0. The molecule has 54 valence electrons. The maximum absolute atomic E-state index is 6.06. The Labute approximate surface area is 58.6 Å². The molecular weight excluding hydrogens is 130 g/mol. The molecule has 0 aromatic carbocycles. The number of nitrogens with one attached hydrogen (secondary N) is 1. The predicted octanol–water partition coefficient (Wildman–Crippen LogP) is -0.685. The molecule has 0 bridgehead atoms. The summed E-state index contributed by atoms with van der Waals surface area (Å²) in [5, 5.41) is 6.06. The van der Waals surface area contributed by atoms with E-state index in [1.54, 1.807) is 24.8 Å². The summed E-state index contributed by atoms with van der Waals surface area (Å²) in [6.45, 7) is 0. The maximum atomic E-state index is 6.06. The Bertz CT molecular complexity index is 142. The molecule has 0 fully saturated rings. The van der Waals surface area contributed by atoms with Crippen molar-refractivity contribution in [3.05, 3.63) is 24.8 Å². The van der Waals surface area contributed by atoms with Crippen LogP contribution in [0.1, 0.15) is 0 Å². The number of rotatable bonds is 0. The van der Waals surface area contributed by atoms with Crippen molar-refractivity contribution in [2.24, 2.45) is 11.5 Å². The smallest absolute Gasteiger partial charge is 0.183 e. The molecule has 10 heavy (non-hydrogen) atoms. The van der Waals surface area contributed by atoms with Crippen LogP contribution in [0.4, 0.5) is 0 Å². The summed E-state index contributed by atoms with van der Waals surface area (Å²) < 4.78 is 0. The molecule has 0 amide bonds. The lowest BCUT2D eigenvalue weighted by molar-refractivity contribution is 1.20. The average Bonchev–Trinajstić information content (AvgIpc) is 1.90. The van der Waals surface area contributed by atoms with Crippen LogP contribution in [0.5, 0.6) is 0 Å². The van der Waals surface area contributed by atoms with Gasteiger partial charge in [-0.3, -0.25) is 15.4 Å². The van der Waals surface area contributed by atoms with Crippen molar-refractivity contribution in [2.45, 2.75) is 0 Å². The van der Waals surface area contributed by atoms with Gasteiger partial charge in [0.2, 0.25) is 0 Å². The second-order valence-corrected chi connectivity index (χ2v) is 1.35. The van der Waals surface area contributed by atoms with E-state index in [4.69, 9.17) is 5.41 Å². The molecule has 0 aliphatic carbocycles. The van der Waals surface area contributed by atoms with E-state index < -0.39 is 0 Å². The molecule has 0 saturated heterocycles. The zero-order valence-electron chi connectivity index (χ0n) is 5.36. The molecule has 0 unspecified atom stereocenters. The Morgan fingerprint density at radius 2 is 1.20 bits per heavy atom. The normalized spacial score (nSPS) is 7.20. The van der Waals surface area contributed by atoms with Crippen molar-refractivity contribution in [3.8, 4) is 0 Å². The fraction of sp³-hybridized carbons (Fsp3) is 0. The minimum atomic E-state index is -0.333. The summed E-state index contributed by atoms with van der Waals surface area (Å²) in [6, 6.07) is 0. The molecule has 5 nitrogen and oxygen atoms in total. The molecule has 0 saturated carbocycles. The fourth-order valence-electron chi connectivity index (χ4n) is 0.253. The van der Waals surface area contributed by atoms with Crippen LogP contribution in [0.15, 0.2) is 24.8 Å². The van der Waals surface area contributed by atoms with E-state index >= 15 is 0 Å². The van der Waals surface area contributed by atoms with Gasteiger partial charge < -0.3 is 11.5 Å². The lowest BCUT2D eigenvalue weighted by Crippen LogP contribution is -2.20. The van der Waals surface area contributed by atoms with Crippen LogP contribution >= 0.6 is 0 Å². The lowest BCUT2D eigenvalue weighted by Gasteiger charge is -1.70. The molecule has 0 aliphatic heterocycles. The highest BCUT2D eigenvalue weighted by atomic mass is 14.9. The van der Waals surface area contributed by atoms with Crippen molar-refractivity contribution in [3.63, 3.8) is 0 Å². The van der Waals surface area contributed by atoms with Crippen LogP contribution in [0.3, 0.4) is 0 Å². The second kappa shape index (κ2) is 5.49. The number of nitrogens with zero attached hydrogens (tertiary/aromatic N) is 2. The monoisotopic (exact) mass is 139 g/mol. The molecule has 1 rings (SSSR count). The van der Waals surface area contributed by atoms with E-state index in [1.165, 1.54) is 0 Å². The van der Waals surface area contributed by atoms with Gasteiger partial charge in [0.25, 0.3) is 0 Å². The van der Waals surface area contributed by atoms with Gasteiger partial charge >= 0.3 is 0 Å². The molecule has 1 heterocycles. The first-order valence-corrected chi connectivity index (χ1v) is 2.53. The van der Waals surface area contributed by atoms with Gasteiger partial charge in [-0.05, 0) is 0 Å². The predicted molar refractivity (Wildman–Crippen MR) is 38.1 cm³/mol. The summed E-state index contributed by atoms with van der Waals surface area (Å²) in [4.78, 5) is 7.44. The zero-order chi connectivity index (χ0) is 7.82. The van der Waals surface area contributed by atoms with E-state index in [-0.39, 0.29) is 5.96 Å². The minimum Gasteiger partial charge on any atom is -0.370 e. The molecule has 1 aromatic heterocycles. The Balaban J connectivity index is 0.000000180. The topological polar surface area (TPSA) is 102 Å². The third-order valence-electron chi connectivity index (χ3n) is 0.478. The Kier molecular flexibility index (Phi) is 4.58.